The number of carboxylic acid groups (broad SMARTS) is 1. The van der Waals surface area contributed by atoms with Crippen LogP contribution in [0.5, 0.6) is 0 Å². The second-order valence-electron chi connectivity index (χ2n) is 2.12. The van der Waals surface area contributed by atoms with Crippen molar-refractivity contribution in [3.05, 3.63) is 23.6 Å². The van der Waals surface area contributed by atoms with Gasteiger partial charge in [0.25, 0.3) is 0 Å². The standard InChI is InChI=1S/C4H6O2.C4H6S/c1-3(2)4(5)6;1-2-4-5-3-1/h1H2,2H3,(H,5,6);1,3H,2,4H2. The summed E-state index contributed by atoms with van der Waals surface area (Å²) >= 11 is 1.89. The Bertz CT molecular complexity index is 155. The van der Waals surface area contributed by atoms with Gasteiger partial charge in [-0.3, -0.25) is 0 Å². The topological polar surface area (TPSA) is 37.3 Å². The van der Waals surface area contributed by atoms with Gasteiger partial charge in [0.2, 0.25) is 0 Å². The van der Waals surface area contributed by atoms with Crippen LogP contribution in [0.15, 0.2) is 23.6 Å². The SMILES string of the molecule is C1=CSCC1.C=C(C)C(=O)O. The second-order valence-corrected chi connectivity index (χ2v) is 3.13. The van der Waals surface area contributed by atoms with E-state index in [1.807, 2.05) is 11.8 Å². The summed E-state index contributed by atoms with van der Waals surface area (Å²) in [7, 11) is 0. The van der Waals surface area contributed by atoms with Gasteiger partial charge in [0.1, 0.15) is 0 Å². The van der Waals surface area contributed by atoms with E-state index in [1.165, 1.54) is 19.1 Å². The van der Waals surface area contributed by atoms with E-state index < -0.39 is 5.97 Å². The smallest absolute Gasteiger partial charge is 0.330 e. The van der Waals surface area contributed by atoms with Crippen molar-refractivity contribution in [3.63, 3.8) is 0 Å². The average molecular weight is 172 g/mol. The van der Waals surface area contributed by atoms with E-state index in [4.69, 9.17) is 5.11 Å². The molecule has 0 aromatic carbocycles. The van der Waals surface area contributed by atoms with Crippen molar-refractivity contribution in [1.29, 1.82) is 0 Å². The van der Waals surface area contributed by atoms with E-state index in [1.54, 1.807) is 0 Å². The Morgan fingerprint density at radius 1 is 1.73 bits per heavy atom. The number of thioether (sulfide) groups is 1. The first-order chi connectivity index (χ1) is 5.14. The molecule has 0 radical (unpaired) electrons. The molecule has 1 rings (SSSR count). The number of rotatable bonds is 1. The second kappa shape index (κ2) is 6.04. The predicted octanol–water partition coefficient (Wildman–Crippen LogP) is 2.28. The molecule has 1 heterocycles. The highest BCUT2D eigenvalue weighted by Gasteiger charge is 1.90. The monoisotopic (exact) mass is 172 g/mol. The third kappa shape index (κ3) is 7.19. The van der Waals surface area contributed by atoms with Crippen molar-refractivity contribution in [2.24, 2.45) is 0 Å². The molecule has 0 spiro atoms. The van der Waals surface area contributed by atoms with Crippen LogP contribution in [0, 0.1) is 0 Å². The molecule has 0 saturated heterocycles. The van der Waals surface area contributed by atoms with E-state index in [9.17, 15) is 4.79 Å². The lowest BCUT2D eigenvalue weighted by molar-refractivity contribution is -0.132. The summed E-state index contributed by atoms with van der Waals surface area (Å²) in [5, 5.41) is 10.0. The summed E-state index contributed by atoms with van der Waals surface area (Å²) in [6, 6.07) is 0. The zero-order valence-corrected chi connectivity index (χ0v) is 7.36. The van der Waals surface area contributed by atoms with Crippen molar-refractivity contribution >= 4 is 17.7 Å². The number of allylic oxidation sites excluding steroid dienone is 1. The number of carboxylic acids is 1. The van der Waals surface area contributed by atoms with Gasteiger partial charge < -0.3 is 5.11 Å². The van der Waals surface area contributed by atoms with Gasteiger partial charge in [-0.25, -0.2) is 4.79 Å². The molecule has 0 unspecified atom stereocenters. The highest BCUT2D eigenvalue weighted by atomic mass is 32.2. The Morgan fingerprint density at radius 3 is 2.36 bits per heavy atom. The van der Waals surface area contributed by atoms with E-state index in [0.717, 1.165) is 0 Å². The molecule has 0 aromatic heterocycles. The summed E-state index contributed by atoms with van der Waals surface area (Å²) in [6.45, 7) is 4.60. The van der Waals surface area contributed by atoms with E-state index in [-0.39, 0.29) is 5.57 Å². The van der Waals surface area contributed by atoms with Crippen molar-refractivity contribution in [2.45, 2.75) is 13.3 Å². The van der Waals surface area contributed by atoms with Gasteiger partial charge >= 0.3 is 5.97 Å². The summed E-state index contributed by atoms with van der Waals surface area (Å²) in [6.07, 6.45) is 3.48. The number of hydrogen-bond acceptors (Lipinski definition) is 2. The first kappa shape index (κ1) is 10.3. The molecule has 62 valence electrons. The molecule has 0 bridgehead atoms. The van der Waals surface area contributed by atoms with Gasteiger partial charge in [-0.05, 0) is 18.8 Å². The van der Waals surface area contributed by atoms with E-state index in [0.29, 0.717) is 0 Å². The van der Waals surface area contributed by atoms with E-state index in [2.05, 4.69) is 18.1 Å². The minimum absolute atomic E-state index is 0.176. The zero-order chi connectivity index (χ0) is 8.69. The fraction of sp³-hybridized carbons (Fsp3) is 0.375. The van der Waals surface area contributed by atoms with Gasteiger partial charge in [-0.15, -0.1) is 11.8 Å². The number of aliphatic carboxylic acids is 1. The maximum absolute atomic E-state index is 9.60. The van der Waals surface area contributed by atoms with Gasteiger partial charge in [-0.1, -0.05) is 12.7 Å². The largest absolute Gasteiger partial charge is 0.478 e. The summed E-state index contributed by atoms with van der Waals surface area (Å²) in [5.74, 6) is 0.370. The average Bonchev–Trinajstić information content (AvgIpc) is 2.41. The molecule has 0 saturated carbocycles. The van der Waals surface area contributed by atoms with Crippen LogP contribution in [-0.4, -0.2) is 16.8 Å². The van der Waals surface area contributed by atoms with Gasteiger partial charge in [0.05, 0.1) is 0 Å². The molecule has 3 heteroatoms. The Labute approximate surface area is 71.0 Å². The molecule has 0 amide bonds. The van der Waals surface area contributed by atoms with Crippen LogP contribution in [0.3, 0.4) is 0 Å². The van der Waals surface area contributed by atoms with Crippen LogP contribution in [-0.2, 0) is 4.79 Å². The third-order valence-corrected chi connectivity index (χ3v) is 1.82. The molecule has 0 fully saturated rings. The van der Waals surface area contributed by atoms with Crippen LogP contribution in [0.1, 0.15) is 13.3 Å². The molecule has 1 aliphatic rings. The highest BCUT2D eigenvalue weighted by Crippen LogP contribution is 2.11. The summed E-state index contributed by atoms with van der Waals surface area (Å²) in [4.78, 5) is 9.60. The lowest BCUT2D eigenvalue weighted by atomic mass is 10.4. The molecule has 11 heavy (non-hydrogen) atoms. The number of carbonyl (C=O) groups is 1. The summed E-state index contributed by atoms with van der Waals surface area (Å²) < 4.78 is 0. The lowest BCUT2D eigenvalue weighted by Crippen LogP contribution is -1.92. The summed E-state index contributed by atoms with van der Waals surface area (Å²) in [5.41, 5.74) is 0.176. The maximum Gasteiger partial charge on any atom is 0.330 e. The Kier molecular flexibility index (Phi) is 5.65. The third-order valence-electron chi connectivity index (χ3n) is 0.960. The first-order valence-electron chi connectivity index (χ1n) is 3.30. The maximum atomic E-state index is 9.60. The predicted molar refractivity (Wildman–Crippen MR) is 48.7 cm³/mol. The van der Waals surface area contributed by atoms with Gasteiger partial charge in [0, 0.05) is 11.3 Å². The minimum Gasteiger partial charge on any atom is -0.478 e. The molecular weight excluding hydrogens is 160 g/mol. The van der Waals surface area contributed by atoms with Crippen molar-refractivity contribution in [2.75, 3.05) is 5.75 Å². The first-order valence-corrected chi connectivity index (χ1v) is 4.35. The number of hydrogen-bond donors (Lipinski definition) is 1. The fourth-order valence-corrected chi connectivity index (χ4v) is 1.02. The van der Waals surface area contributed by atoms with Crippen molar-refractivity contribution < 1.29 is 9.90 Å². The molecular formula is C8H12O2S. The van der Waals surface area contributed by atoms with Crippen LogP contribution >= 0.6 is 11.8 Å². The van der Waals surface area contributed by atoms with Crippen LogP contribution < -0.4 is 0 Å². The molecule has 1 N–H and O–H groups in total. The fourth-order valence-electron chi connectivity index (χ4n) is 0.340. The van der Waals surface area contributed by atoms with Gasteiger partial charge in [-0.2, -0.15) is 0 Å². The van der Waals surface area contributed by atoms with Crippen LogP contribution in [0.25, 0.3) is 0 Å². The quantitative estimate of drug-likeness (QED) is 0.616. The highest BCUT2D eigenvalue weighted by molar-refractivity contribution is 8.02. The zero-order valence-electron chi connectivity index (χ0n) is 6.54. The molecule has 2 nitrogen and oxygen atoms in total. The molecule has 0 aliphatic carbocycles. The Balaban J connectivity index is 0.000000183. The Morgan fingerprint density at radius 2 is 2.27 bits per heavy atom. The van der Waals surface area contributed by atoms with Crippen molar-refractivity contribution in [3.8, 4) is 0 Å². The minimum atomic E-state index is -0.935. The molecule has 0 aromatic rings. The van der Waals surface area contributed by atoms with Crippen LogP contribution in [0.2, 0.25) is 0 Å². The lowest BCUT2D eigenvalue weighted by Gasteiger charge is -1.79. The Hall–Kier alpha value is -0.700. The van der Waals surface area contributed by atoms with Crippen LogP contribution in [0.4, 0.5) is 0 Å². The van der Waals surface area contributed by atoms with Gasteiger partial charge in [0.15, 0.2) is 0 Å². The normalized spacial score (nSPS) is 13.5. The molecule has 1 aliphatic heterocycles. The molecule has 0 atom stereocenters. The van der Waals surface area contributed by atoms with Crippen molar-refractivity contribution in [1.82, 2.24) is 0 Å². The van der Waals surface area contributed by atoms with E-state index >= 15 is 0 Å².